The molecule has 84 valence electrons. The Balaban J connectivity index is 2.67. The highest BCUT2D eigenvalue weighted by atomic mass is 35.5. The third-order valence-electron chi connectivity index (χ3n) is 2.45. The summed E-state index contributed by atoms with van der Waals surface area (Å²) in [6.45, 7) is 5.24. The van der Waals surface area contributed by atoms with Crippen LogP contribution in [-0.2, 0) is 5.54 Å². The Morgan fingerprint density at radius 3 is 2.73 bits per heavy atom. The molecule has 0 aliphatic rings. The van der Waals surface area contributed by atoms with E-state index in [0.717, 1.165) is 23.6 Å². The molecule has 0 aliphatic carbocycles. The Kier molecular flexibility index (Phi) is 4.58. The average molecular weight is 228 g/mol. The van der Waals surface area contributed by atoms with Crippen LogP contribution in [0.4, 0.5) is 0 Å². The zero-order chi connectivity index (χ0) is 11.3. The van der Waals surface area contributed by atoms with Crippen molar-refractivity contribution in [1.29, 1.82) is 0 Å². The maximum atomic E-state index is 8.72. The number of hydrogen-bond donors (Lipinski definition) is 2. The van der Waals surface area contributed by atoms with E-state index in [9.17, 15) is 0 Å². The van der Waals surface area contributed by atoms with Gasteiger partial charge in [0.1, 0.15) is 0 Å². The molecular formula is C12H18ClNO. The lowest BCUT2D eigenvalue weighted by Gasteiger charge is -2.27. The van der Waals surface area contributed by atoms with Gasteiger partial charge < -0.3 is 10.4 Å². The number of aliphatic hydroxyl groups is 1. The molecular weight excluding hydrogens is 210 g/mol. The fourth-order valence-electron chi connectivity index (χ4n) is 1.46. The summed E-state index contributed by atoms with van der Waals surface area (Å²) >= 11 is 5.94. The van der Waals surface area contributed by atoms with Gasteiger partial charge in [-0.25, -0.2) is 0 Å². The lowest BCUT2D eigenvalue weighted by atomic mass is 9.94. The summed E-state index contributed by atoms with van der Waals surface area (Å²) in [5.74, 6) is 0. The second-order valence-corrected chi connectivity index (χ2v) is 4.58. The van der Waals surface area contributed by atoms with Gasteiger partial charge in [0.05, 0.1) is 0 Å². The first-order chi connectivity index (χ1) is 7.06. The van der Waals surface area contributed by atoms with Crippen molar-refractivity contribution in [3.05, 3.63) is 34.9 Å². The molecule has 1 aromatic carbocycles. The Hall–Kier alpha value is -0.570. The fourth-order valence-corrected chi connectivity index (χ4v) is 1.65. The molecule has 3 heteroatoms. The van der Waals surface area contributed by atoms with Crippen molar-refractivity contribution >= 4 is 11.6 Å². The second kappa shape index (κ2) is 5.50. The van der Waals surface area contributed by atoms with Crippen molar-refractivity contribution in [3.63, 3.8) is 0 Å². The molecule has 1 rings (SSSR count). The van der Waals surface area contributed by atoms with Crippen molar-refractivity contribution in [2.75, 3.05) is 13.2 Å². The fraction of sp³-hybridized carbons (Fsp3) is 0.500. The van der Waals surface area contributed by atoms with Gasteiger partial charge in [-0.2, -0.15) is 0 Å². The average Bonchev–Trinajstić information content (AvgIpc) is 2.18. The first-order valence-corrected chi connectivity index (χ1v) is 5.56. The van der Waals surface area contributed by atoms with E-state index >= 15 is 0 Å². The summed E-state index contributed by atoms with van der Waals surface area (Å²) in [6, 6.07) is 7.84. The molecule has 15 heavy (non-hydrogen) atoms. The van der Waals surface area contributed by atoms with E-state index in [2.05, 4.69) is 25.2 Å². The second-order valence-electron chi connectivity index (χ2n) is 4.14. The largest absolute Gasteiger partial charge is 0.396 e. The van der Waals surface area contributed by atoms with Crippen LogP contribution in [0.2, 0.25) is 5.02 Å². The first kappa shape index (κ1) is 12.5. The summed E-state index contributed by atoms with van der Waals surface area (Å²) in [5, 5.41) is 12.9. The van der Waals surface area contributed by atoms with Crippen molar-refractivity contribution in [2.24, 2.45) is 0 Å². The van der Waals surface area contributed by atoms with Gasteiger partial charge in [-0.1, -0.05) is 23.7 Å². The molecule has 0 amide bonds. The molecule has 1 aromatic rings. The minimum Gasteiger partial charge on any atom is -0.396 e. The van der Waals surface area contributed by atoms with Crippen LogP contribution in [0.25, 0.3) is 0 Å². The lowest BCUT2D eigenvalue weighted by Crippen LogP contribution is -2.37. The minimum absolute atomic E-state index is 0.111. The maximum absolute atomic E-state index is 8.72. The number of halogens is 1. The number of rotatable bonds is 5. The zero-order valence-electron chi connectivity index (χ0n) is 9.26. The van der Waals surface area contributed by atoms with E-state index in [1.165, 1.54) is 0 Å². The molecule has 2 nitrogen and oxygen atoms in total. The summed E-state index contributed by atoms with van der Waals surface area (Å²) in [5.41, 5.74) is 1.05. The predicted octanol–water partition coefficient (Wildman–Crippen LogP) is 2.55. The highest BCUT2D eigenvalue weighted by molar-refractivity contribution is 6.30. The summed E-state index contributed by atoms with van der Waals surface area (Å²) < 4.78 is 0. The maximum Gasteiger partial charge on any atom is 0.0443 e. The van der Waals surface area contributed by atoms with E-state index in [-0.39, 0.29) is 12.1 Å². The normalized spacial score (nSPS) is 11.7. The van der Waals surface area contributed by atoms with Crippen LogP contribution in [0.15, 0.2) is 24.3 Å². The summed E-state index contributed by atoms with van der Waals surface area (Å²) in [7, 11) is 0. The number of benzene rings is 1. The molecule has 0 bridgehead atoms. The Morgan fingerprint density at radius 1 is 1.40 bits per heavy atom. The number of aliphatic hydroxyl groups excluding tert-OH is 1. The SMILES string of the molecule is CC(C)(NCCCO)c1cccc(Cl)c1. The van der Waals surface area contributed by atoms with E-state index in [1.807, 2.05) is 18.2 Å². The Morgan fingerprint density at radius 2 is 2.13 bits per heavy atom. The first-order valence-electron chi connectivity index (χ1n) is 5.18. The van der Waals surface area contributed by atoms with Gasteiger partial charge in [-0.15, -0.1) is 0 Å². The van der Waals surface area contributed by atoms with E-state index in [0.29, 0.717) is 0 Å². The molecule has 0 saturated heterocycles. The van der Waals surface area contributed by atoms with Crippen LogP contribution in [0, 0.1) is 0 Å². The summed E-state index contributed by atoms with van der Waals surface area (Å²) in [6.07, 6.45) is 0.768. The van der Waals surface area contributed by atoms with E-state index in [4.69, 9.17) is 16.7 Å². The lowest BCUT2D eigenvalue weighted by molar-refractivity contribution is 0.275. The van der Waals surface area contributed by atoms with Crippen molar-refractivity contribution in [1.82, 2.24) is 5.32 Å². The van der Waals surface area contributed by atoms with Gasteiger partial charge in [0.15, 0.2) is 0 Å². The third kappa shape index (κ3) is 3.82. The molecule has 0 fully saturated rings. The van der Waals surface area contributed by atoms with E-state index in [1.54, 1.807) is 0 Å². The van der Waals surface area contributed by atoms with Gasteiger partial charge in [0.2, 0.25) is 0 Å². The van der Waals surface area contributed by atoms with Crippen molar-refractivity contribution in [2.45, 2.75) is 25.8 Å². The number of nitrogens with one attached hydrogen (secondary N) is 1. The zero-order valence-corrected chi connectivity index (χ0v) is 10.0. The van der Waals surface area contributed by atoms with Crippen LogP contribution in [-0.4, -0.2) is 18.3 Å². The Bertz CT molecular complexity index is 312. The summed E-state index contributed by atoms with van der Waals surface area (Å²) in [4.78, 5) is 0. The molecule has 0 unspecified atom stereocenters. The predicted molar refractivity (Wildman–Crippen MR) is 64.2 cm³/mol. The standard InChI is InChI=1S/C12H18ClNO/c1-12(2,14-7-4-8-15)10-5-3-6-11(13)9-10/h3,5-6,9,14-15H,4,7-8H2,1-2H3. The topological polar surface area (TPSA) is 32.3 Å². The van der Waals surface area contributed by atoms with Crippen LogP contribution in [0.5, 0.6) is 0 Å². The van der Waals surface area contributed by atoms with Crippen LogP contribution in [0.3, 0.4) is 0 Å². The van der Waals surface area contributed by atoms with Crippen LogP contribution < -0.4 is 5.32 Å². The molecule has 2 N–H and O–H groups in total. The molecule has 0 atom stereocenters. The van der Waals surface area contributed by atoms with Crippen LogP contribution in [0.1, 0.15) is 25.8 Å². The monoisotopic (exact) mass is 227 g/mol. The molecule has 0 heterocycles. The van der Waals surface area contributed by atoms with Gasteiger partial charge in [0.25, 0.3) is 0 Å². The van der Waals surface area contributed by atoms with Gasteiger partial charge >= 0.3 is 0 Å². The highest BCUT2D eigenvalue weighted by Crippen LogP contribution is 2.22. The molecule has 0 radical (unpaired) electrons. The number of hydrogen-bond acceptors (Lipinski definition) is 2. The van der Waals surface area contributed by atoms with Crippen molar-refractivity contribution in [3.8, 4) is 0 Å². The smallest absolute Gasteiger partial charge is 0.0443 e. The highest BCUT2D eigenvalue weighted by Gasteiger charge is 2.19. The van der Waals surface area contributed by atoms with Gasteiger partial charge in [-0.3, -0.25) is 0 Å². The Labute approximate surface area is 96.3 Å². The third-order valence-corrected chi connectivity index (χ3v) is 2.68. The van der Waals surface area contributed by atoms with Crippen LogP contribution >= 0.6 is 11.6 Å². The molecule has 0 saturated carbocycles. The van der Waals surface area contributed by atoms with Gasteiger partial charge in [0, 0.05) is 17.2 Å². The molecule has 0 aromatic heterocycles. The van der Waals surface area contributed by atoms with Crippen molar-refractivity contribution < 1.29 is 5.11 Å². The minimum atomic E-state index is -0.111. The van der Waals surface area contributed by atoms with Gasteiger partial charge in [-0.05, 0) is 44.5 Å². The molecule has 0 spiro atoms. The molecule has 0 aliphatic heterocycles. The van der Waals surface area contributed by atoms with E-state index < -0.39 is 0 Å². The quantitative estimate of drug-likeness (QED) is 0.758.